The monoisotopic (exact) mass is 1210 g/mol. The first-order valence-electron chi connectivity index (χ1n) is 26.8. The summed E-state index contributed by atoms with van der Waals surface area (Å²) in [5, 5.41) is 29.6. The Morgan fingerprint density at radius 2 is 1.18 bits per heavy atom. The average molecular weight is 1210 g/mol. The van der Waals surface area contributed by atoms with Gasteiger partial charge in [0.2, 0.25) is 41.4 Å². The van der Waals surface area contributed by atoms with Gasteiger partial charge in [-0.05, 0) is 83.1 Å². The first-order chi connectivity index (χ1) is 38.3. The second-order valence-electron chi connectivity index (χ2n) is 20.4. The summed E-state index contributed by atoms with van der Waals surface area (Å²) < 4.78 is 0.924. The van der Waals surface area contributed by atoms with Crippen LogP contribution in [0.15, 0.2) is 122 Å². The van der Waals surface area contributed by atoms with E-state index in [2.05, 4.69) is 69.8 Å². The SMILES string of the molecule is CC[C@H](C)[C@H](NC(=O)[C@H](Cc1ccc(I)cc1)NC(=O)[C@@H](NC(=O)[C@H](Cc1ccc(C(=O)c2ccccc2)cc1)NC(=O)CNC)C(C)C)C(=O)N[C@@H](Cc1cnc[nH]1)C(=O)N1CCC[C@H]1C(=O)N[C@@H](Cc1ccccc1)C(=O)O. The first kappa shape index (κ1) is 61.4. The third kappa shape index (κ3) is 17.6. The Kier molecular flexibility index (Phi) is 23.0. The van der Waals surface area contributed by atoms with E-state index in [1.807, 2.05) is 25.1 Å². The van der Waals surface area contributed by atoms with E-state index in [9.17, 15) is 48.3 Å². The maximum absolute atomic E-state index is 14.8. The number of nitrogens with one attached hydrogen (secondary N) is 8. The number of likely N-dealkylation sites (tertiary alicyclic amines) is 1. The number of ketones is 1. The molecule has 0 spiro atoms. The number of rotatable bonds is 28. The van der Waals surface area contributed by atoms with Crippen LogP contribution in [0.5, 0.6) is 0 Å². The number of hydrogen-bond acceptors (Lipinski definition) is 11. The van der Waals surface area contributed by atoms with E-state index in [4.69, 9.17) is 0 Å². The molecule has 9 N–H and O–H groups in total. The smallest absolute Gasteiger partial charge is 0.326 e. The lowest BCUT2D eigenvalue weighted by molar-refractivity contribution is -0.145. The molecule has 1 saturated heterocycles. The van der Waals surface area contributed by atoms with Crippen molar-refractivity contribution in [2.75, 3.05) is 20.1 Å². The summed E-state index contributed by atoms with van der Waals surface area (Å²) in [5.74, 6) is -7.02. The Hall–Kier alpha value is -7.79. The number of likely N-dealkylation sites (N-methyl/N-ethyl adjacent to an activating group) is 1. The van der Waals surface area contributed by atoms with Crippen LogP contribution in [-0.4, -0.2) is 136 Å². The molecule has 0 aliphatic carbocycles. The van der Waals surface area contributed by atoms with E-state index in [-0.39, 0.29) is 51.0 Å². The highest BCUT2D eigenvalue weighted by atomic mass is 127. The molecule has 2 heterocycles. The molecule has 0 saturated carbocycles. The number of aromatic amines is 1. The average Bonchev–Trinajstić information content (AvgIpc) is 4.17. The minimum Gasteiger partial charge on any atom is -0.480 e. The lowest BCUT2D eigenvalue weighted by atomic mass is 9.96. The number of benzene rings is 4. The molecule has 0 unspecified atom stereocenters. The standard InChI is InChI=1S/C59H71IN10O10/c1-6-36(4)51(57(77)66-46(31-43-32-62-34-63-43)58(78)70-27-13-18-48(70)55(75)67-47(59(79)80)30-37-14-9-7-10-15-37)69-54(74)45(29-39-21-25-42(60)26-22-39)65-56(76)50(35(2)3)68-53(73)44(64-49(71)33-61-5)28-38-19-23-41(24-20-38)52(72)40-16-11-8-12-17-40/h7-12,14-17,19-26,32,34-36,44-48,50-51,61H,6,13,18,27-31,33H2,1-5H3,(H,62,63)(H,64,71)(H,65,76)(H,66,77)(H,67,75)(H,68,73)(H,69,74)(H,79,80)/t36-,44-,45-,46-,47-,48-,50-,51-/m0/s1. The Labute approximate surface area is 479 Å². The van der Waals surface area contributed by atoms with Crippen LogP contribution in [0.1, 0.15) is 85.3 Å². The number of imidazole rings is 1. The van der Waals surface area contributed by atoms with Crippen LogP contribution in [0.2, 0.25) is 0 Å². The molecule has 0 bridgehead atoms. The molecule has 21 heteroatoms. The van der Waals surface area contributed by atoms with Crippen LogP contribution >= 0.6 is 22.6 Å². The molecule has 20 nitrogen and oxygen atoms in total. The third-order valence-corrected chi connectivity index (χ3v) is 14.8. The summed E-state index contributed by atoms with van der Waals surface area (Å²) in [6.07, 6.45) is 3.94. The maximum Gasteiger partial charge on any atom is 0.326 e. The topological polar surface area (TPSA) is 290 Å². The highest BCUT2D eigenvalue weighted by Gasteiger charge is 2.41. The Morgan fingerprint density at radius 3 is 1.75 bits per heavy atom. The maximum atomic E-state index is 14.8. The second kappa shape index (κ2) is 30.0. The molecule has 1 aromatic heterocycles. The number of nitrogens with zero attached hydrogens (tertiary/aromatic N) is 2. The van der Waals surface area contributed by atoms with Crippen molar-refractivity contribution in [3.05, 3.63) is 159 Å². The van der Waals surface area contributed by atoms with Gasteiger partial charge in [0.05, 0.1) is 12.9 Å². The number of carboxylic acids is 1. The molecular weight excluding hydrogens is 1140 g/mol. The lowest BCUT2D eigenvalue weighted by Gasteiger charge is -2.32. The van der Waals surface area contributed by atoms with Crippen molar-refractivity contribution in [1.82, 2.24) is 52.1 Å². The van der Waals surface area contributed by atoms with Gasteiger partial charge < -0.3 is 52.2 Å². The van der Waals surface area contributed by atoms with Crippen LogP contribution in [0.25, 0.3) is 0 Å². The van der Waals surface area contributed by atoms with E-state index in [0.29, 0.717) is 46.4 Å². The Morgan fingerprint density at radius 1 is 0.637 bits per heavy atom. The van der Waals surface area contributed by atoms with Gasteiger partial charge in [0, 0.05) is 58.8 Å². The van der Waals surface area contributed by atoms with Gasteiger partial charge in [-0.3, -0.25) is 38.4 Å². The van der Waals surface area contributed by atoms with Crippen LogP contribution in [0, 0.1) is 15.4 Å². The molecule has 80 heavy (non-hydrogen) atoms. The van der Waals surface area contributed by atoms with Crippen LogP contribution in [0.4, 0.5) is 0 Å². The summed E-state index contributed by atoms with van der Waals surface area (Å²) in [4.78, 5) is 133. The van der Waals surface area contributed by atoms with E-state index in [1.54, 1.807) is 119 Å². The number of aromatic nitrogens is 2. The van der Waals surface area contributed by atoms with Gasteiger partial charge in [-0.25, -0.2) is 9.78 Å². The number of hydrogen-bond donors (Lipinski definition) is 9. The highest BCUT2D eigenvalue weighted by Crippen LogP contribution is 2.22. The Bertz CT molecular complexity index is 2910. The van der Waals surface area contributed by atoms with Gasteiger partial charge in [0.15, 0.2) is 5.78 Å². The van der Waals surface area contributed by atoms with E-state index in [0.717, 1.165) is 3.57 Å². The summed E-state index contributed by atoms with van der Waals surface area (Å²) in [5.41, 5.74) is 3.44. The number of carbonyl (C=O) groups is 9. The zero-order chi connectivity index (χ0) is 57.9. The van der Waals surface area contributed by atoms with E-state index >= 15 is 0 Å². The van der Waals surface area contributed by atoms with Crippen molar-refractivity contribution in [2.24, 2.45) is 11.8 Å². The predicted molar refractivity (Wildman–Crippen MR) is 307 cm³/mol. The van der Waals surface area contributed by atoms with Crippen molar-refractivity contribution in [1.29, 1.82) is 0 Å². The van der Waals surface area contributed by atoms with Gasteiger partial charge in [-0.1, -0.05) is 131 Å². The van der Waals surface area contributed by atoms with Gasteiger partial charge in [0.1, 0.15) is 42.3 Å². The molecule has 1 aliphatic heterocycles. The molecule has 424 valence electrons. The first-order valence-corrected chi connectivity index (χ1v) is 27.9. The van der Waals surface area contributed by atoms with Gasteiger partial charge >= 0.3 is 5.97 Å². The summed E-state index contributed by atoms with van der Waals surface area (Å²) in [6.45, 7) is 7.08. The molecular formula is C59H71IN10O10. The summed E-state index contributed by atoms with van der Waals surface area (Å²) in [7, 11) is 1.58. The molecule has 1 aliphatic rings. The van der Waals surface area contributed by atoms with Gasteiger partial charge in [-0.2, -0.15) is 0 Å². The number of carbonyl (C=O) groups excluding carboxylic acids is 8. The van der Waals surface area contributed by atoms with Crippen LogP contribution in [0.3, 0.4) is 0 Å². The zero-order valence-electron chi connectivity index (χ0n) is 45.5. The number of halogens is 1. The summed E-state index contributed by atoms with van der Waals surface area (Å²) >= 11 is 2.15. The number of H-pyrrole nitrogens is 1. The third-order valence-electron chi connectivity index (χ3n) is 14.0. The number of amides is 7. The fourth-order valence-electron chi connectivity index (χ4n) is 9.37. The molecule has 1 fully saturated rings. The predicted octanol–water partition coefficient (Wildman–Crippen LogP) is 3.42. The molecule has 8 atom stereocenters. The number of aliphatic carboxylic acids is 1. The lowest BCUT2D eigenvalue weighted by Crippen LogP contribution is -2.62. The molecule has 6 rings (SSSR count). The van der Waals surface area contributed by atoms with Crippen molar-refractivity contribution in [3.63, 3.8) is 0 Å². The zero-order valence-corrected chi connectivity index (χ0v) is 47.7. The van der Waals surface area contributed by atoms with Crippen LogP contribution in [-0.2, 0) is 64.0 Å². The molecule has 0 radical (unpaired) electrons. The highest BCUT2D eigenvalue weighted by molar-refractivity contribution is 14.1. The van der Waals surface area contributed by atoms with Gasteiger partial charge in [-0.15, -0.1) is 0 Å². The normalized spacial score (nSPS) is 15.7. The van der Waals surface area contributed by atoms with Crippen molar-refractivity contribution >= 4 is 75.7 Å². The van der Waals surface area contributed by atoms with Crippen molar-refractivity contribution in [3.8, 4) is 0 Å². The second-order valence-corrected chi connectivity index (χ2v) is 21.6. The quantitative estimate of drug-likeness (QED) is 0.0257. The molecule has 5 aromatic rings. The van der Waals surface area contributed by atoms with Crippen LogP contribution < -0.4 is 37.2 Å². The molecule has 7 amide bonds. The Balaban J connectivity index is 1.20. The minimum absolute atomic E-state index is 0.00905. The van der Waals surface area contributed by atoms with Crippen molar-refractivity contribution < 1.29 is 48.3 Å². The summed E-state index contributed by atoms with van der Waals surface area (Å²) in [6, 6.07) is 23.1. The fourth-order valence-corrected chi connectivity index (χ4v) is 9.73. The van der Waals surface area contributed by atoms with Crippen molar-refractivity contribution in [2.45, 2.75) is 115 Å². The van der Waals surface area contributed by atoms with Gasteiger partial charge in [0.25, 0.3) is 0 Å². The van der Waals surface area contributed by atoms with E-state index < -0.39 is 101 Å². The minimum atomic E-state index is -1.30. The molecule has 4 aromatic carbocycles. The fraction of sp³-hybridized carbons (Fsp3) is 0.390. The largest absolute Gasteiger partial charge is 0.480 e. The van der Waals surface area contributed by atoms with E-state index in [1.165, 1.54) is 17.4 Å². The number of carboxylic acid groups (broad SMARTS) is 1.